The van der Waals surface area contributed by atoms with Crippen LogP contribution in [0, 0.1) is 5.92 Å². The van der Waals surface area contributed by atoms with Crippen LogP contribution in [0.3, 0.4) is 0 Å². The van der Waals surface area contributed by atoms with Crippen molar-refractivity contribution in [1.82, 2.24) is 10.9 Å². The number of hydrogen-bond acceptors (Lipinski definition) is 3. The lowest BCUT2D eigenvalue weighted by Crippen LogP contribution is -2.57. The third-order valence-corrected chi connectivity index (χ3v) is 2.76. The minimum absolute atomic E-state index is 0.0307. The van der Waals surface area contributed by atoms with E-state index in [-0.39, 0.29) is 12.1 Å². The van der Waals surface area contributed by atoms with Gasteiger partial charge in [0.1, 0.15) is 0 Å². The van der Waals surface area contributed by atoms with E-state index in [9.17, 15) is 0 Å². The Bertz CT molecular complexity index is 136. The van der Waals surface area contributed by atoms with Crippen LogP contribution in [0.4, 0.5) is 0 Å². The molecule has 0 spiro atoms. The summed E-state index contributed by atoms with van der Waals surface area (Å²) in [5.41, 5.74) is 6.33. The standard InChI is InChI=1S/C7H14N2O/c10-5-7-2-1-6(3-7)4-8-9-7/h6,8-10H,1-5H2. The van der Waals surface area contributed by atoms with Gasteiger partial charge >= 0.3 is 0 Å². The van der Waals surface area contributed by atoms with Gasteiger partial charge in [-0.15, -0.1) is 0 Å². The van der Waals surface area contributed by atoms with Crippen molar-refractivity contribution in [2.45, 2.75) is 24.8 Å². The fourth-order valence-electron chi connectivity index (χ4n) is 2.09. The molecule has 0 aromatic heterocycles. The number of aliphatic hydroxyl groups is 1. The number of nitrogens with one attached hydrogen (secondary N) is 2. The van der Waals surface area contributed by atoms with Crippen molar-refractivity contribution in [2.75, 3.05) is 13.2 Å². The van der Waals surface area contributed by atoms with Crippen molar-refractivity contribution in [3.63, 3.8) is 0 Å². The van der Waals surface area contributed by atoms with Crippen LogP contribution < -0.4 is 10.9 Å². The van der Waals surface area contributed by atoms with Crippen molar-refractivity contribution >= 4 is 0 Å². The van der Waals surface area contributed by atoms with Crippen LogP contribution >= 0.6 is 0 Å². The van der Waals surface area contributed by atoms with Gasteiger partial charge in [-0.2, -0.15) is 0 Å². The second-order valence-corrected chi connectivity index (χ2v) is 3.55. The average molecular weight is 142 g/mol. The third kappa shape index (κ3) is 0.856. The highest BCUT2D eigenvalue weighted by Gasteiger charge is 2.41. The van der Waals surface area contributed by atoms with E-state index < -0.39 is 0 Å². The SMILES string of the molecule is OCC12CCC(CNN1)C2. The summed E-state index contributed by atoms with van der Waals surface area (Å²) in [6.07, 6.45) is 3.54. The molecule has 3 nitrogen and oxygen atoms in total. The normalized spacial score (nSPS) is 45.9. The summed E-state index contributed by atoms with van der Waals surface area (Å²) in [6, 6.07) is 0. The summed E-state index contributed by atoms with van der Waals surface area (Å²) in [5.74, 6) is 0.799. The molecule has 2 fully saturated rings. The van der Waals surface area contributed by atoms with Gasteiger partial charge < -0.3 is 5.11 Å². The van der Waals surface area contributed by atoms with E-state index in [2.05, 4.69) is 10.9 Å². The first-order valence-corrected chi connectivity index (χ1v) is 3.96. The minimum Gasteiger partial charge on any atom is -0.394 e. The molecule has 0 aromatic rings. The monoisotopic (exact) mass is 142 g/mol. The predicted octanol–water partition coefficient (Wildman–Crippen LogP) is -0.375. The van der Waals surface area contributed by atoms with Crippen LogP contribution in [0.15, 0.2) is 0 Å². The summed E-state index contributed by atoms with van der Waals surface area (Å²) >= 11 is 0. The zero-order valence-electron chi connectivity index (χ0n) is 6.06. The van der Waals surface area contributed by atoms with Crippen LogP contribution in [-0.2, 0) is 0 Å². The van der Waals surface area contributed by atoms with Crippen molar-refractivity contribution < 1.29 is 5.11 Å². The molecular formula is C7H14N2O. The molecule has 1 aliphatic carbocycles. The Morgan fingerprint density at radius 2 is 2.50 bits per heavy atom. The summed E-state index contributed by atoms with van der Waals surface area (Å²) in [5, 5.41) is 9.07. The summed E-state index contributed by atoms with van der Waals surface area (Å²) < 4.78 is 0. The lowest BCUT2D eigenvalue weighted by atomic mass is 9.96. The van der Waals surface area contributed by atoms with Crippen LogP contribution in [0.5, 0.6) is 0 Å². The maximum Gasteiger partial charge on any atom is 0.0626 e. The highest BCUT2D eigenvalue weighted by molar-refractivity contribution is 4.98. The van der Waals surface area contributed by atoms with Crippen LogP contribution in [0.1, 0.15) is 19.3 Å². The second-order valence-electron chi connectivity index (χ2n) is 3.55. The summed E-state index contributed by atoms with van der Waals surface area (Å²) in [4.78, 5) is 0. The van der Waals surface area contributed by atoms with Crippen molar-refractivity contribution in [1.29, 1.82) is 0 Å². The predicted molar refractivity (Wildman–Crippen MR) is 38.3 cm³/mol. The molecule has 0 radical (unpaired) electrons. The largest absolute Gasteiger partial charge is 0.394 e. The van der Waals surface area contributed by atoms with Gasteiger partial charge in [0.15, 0.2) is 0 Å². The zero-order chi connectivity index (χ0) is 7.03. The molecule has 1 heterocycles. The Kier molecular flexibility index (Phi) is 1.44. The van der Waals surface area contributed by atoms with E-state index in [4.69, 9.17) is 5.11 Å². The smallest absolute Gasteiger partial charge is 0.0626 e. The lowest BCUT2D eigenvalue weighted by molar-refractivity contribution is 0.125. The van der Waals surface area contributed by atoms with Gasteiger partial charge in [0.05, 0.1) is 12.1 Å². The van der Waals surface area contributed by atoms with Gasteiger partial charge in [-0.05, 0) is 25.2 Å². The highest BCUT2D eigenvalue weighted by Crippen LogP contribution is 2.35. The molecule has 0 aromatic carbocycles. The van der Waals surface area contributed by atoms with Gasteiger partial charge in [-0.25, -0.2) is 5.43 Å². The first-order chi connectivity index (χ1) is 4.85. The maximum absolute atomic E-state index is 9.07. The van der Waals surface area contributed by atoms with Gasteiger partial charge in [-0.3, -0.25) is 5.43 Å². The molecule has 0 amide bonds. The average Bonchev–Trinajstić information content (AvgIpc) is 2.29. The Labute approximate surface area is 60.8 Å². The molecular weight excluding hydrogens is 128 g/mol. The maximum atomic E-state index is 9.07. The number of aliphatic hydroxyl groups excluding tert-OH is 1. The first-order valence-electron chi connectivity index (χ1n) is 3.96. The lowest BCUT2D eigenvalue weighted by Gasteiger charge is -2.32. The second kappa shape index (κ2) is 2.19. The van der Waals surface area contributed by atoms with E-state index in [1.54, 1.807) is 0 Å². The van der Waals surface area contributed by atoms with Crippen LogP contribution in [0.25, 0.3) is 0 Å². The molecule has 2 rings (SSSR count). The summed E-state index contributed by atoms with van der Waals surface area (Å²) in [6.45, 7) is 1.35. The van der Waals surface area contributed by atoms with Gasteiger partial charge in [0, 0.05) is 6.54 Å². The number of rotatable bonds is 1. The Morgan fingerprint density at radius 3 is 3.20 bits per heavy atom. The molecule has 1 saturated carbocycles. The molecule has 1 saturated heterocycles. The zero-order valence-corrected chi connectivity index (χ0v) is 6.06. The Balaban J connectivity index is 2.10. The topological polar surface area (TPSA) is 44.3 Å². The van der Waals surface area contributed by atoms with Crippen molar-refractivity contribution in [2.24, 2.45) is 5.92 Å². The van der Waals surface area contributed by atoms with Crippen molar-refractivity contribution in [3.05, 3.63) is 0 Å². The van der Waals surface area contributed by atoms with E-state index >= 15 is 0 Å². The number of hydrazine groups is 1. The molecule has 2 bridgehead atoms. The van der Waals surface area contributed by atoms with Gasteiger partial charge in [0.25, 0.3) is 0 Å². The number of hydrogen-bond donors (Lipinski definition) is 3. The molecule has 1 aliphatic heterocycles. The molecule has 3 N–H and O–H groups in total. The number of fused-ring (bicyclic) bond motifs is 2. The molecule has 58 valence electrons. The fourth-order valence-corrected chi connectivity index (χ4v) is 2.09. The van der Waals surface area contributed by atoms with E-state index in [1.165, 1.54) is 6.42 Å². The van der Waals surface area contributed by atoms with E-state index in [1.807, 2.05) is 0 Å². The van der Waals surface area contributed by atoms with Gasteiger partial charge in [0.2, 0.25) is 0 Å². The Hall–Kier alpha value is -0.120. The quantitative estimate of drug-likeness (QED) is 0.468. The molecule has 10 heavy (non-hydrogen) atoms. The van der Waals surface area contributed by atoms with Crippen molar-refractivity contribution in [3.8, 4) is 0 Å². The molecule has 2 unspecified atom stereocenters. The fraction of sp³-hybridized carbons (Fsp3) is 1.00. The van der Waals surface area contributed by atoms with Crippen LogP contribution in [0.2, 0.25) is 0 Å². The summed E-state index contributed by atoms with van der Waals surface area (Å²) in [7, 11) is 0. The molecule has 2 aliphatic rings. The third-order valence-electron chi connectivity index (χ3n) is 2.76. The highest BCUT2D eigenvalue weighted by atomic mass is 16.3. The minimum atomic E-state index is 0.0307. The Morgan fingerprint density at radius 1 is 1.60 bits per heavy atom. The first kappa shape index (κ1) is 6.58. The molecule has 2 atom stereocenters. The van der Waals surface area contributed by atoms with Gasteiger partial charge in [-0.1, -0.05) is 0 Å². The molecule has 3 heteroatoms. The van der Waals surface area contributed by atoms with E-state index in [0.29, 0.717) is 0 Å². The van der Waals surface area contributed by atoms with Crippen LogP contribution in [-0.4, -0.2) is 23.8 Å². The van der Waals surface area contributed by atoms with E-state index in [0.717, 1.165) is 25.3 Å².